The Hall–Kier alpha value is -5.61. The maximum Gasteiger partial charge on any atom is 0.181 e. The second-order valence-electron chi connectivity index (χ2n) is 11.8. The highest BCUT2D eigenvalue weighted by Gasteiger charge is 2.17. The number of aromatic amines is 2. The first-order chi connectivity index (χ1) is 23.2. The molecule has 0 amide bonds. The van der Waals surface area contributed by atoms with E-state index < -0.39 is 0 Å². The van der Waals surface area contributed by atoms with Crippen LogP contribution in [0, 0.1) is 5.82 Å². The van der Waals surface area contributed by atoms with Crippen LogP contribution in [0.3, 0.4) is 0 Å². The average Bonchev–Trinajstić information content (AvgIpc) is 3.87. The molecule has 0 radical (unpaired) electrons. The molecule has 2 N–H and O–H groups in total. The van der Waals surface area contributed by atoms with Gasteiger partial charge in [-0.25, -0.2) is 9.37 Å². The zero-order valence-electron chi connectivity index (χ0n) is 25.6. The van der Waals surface area contributed by atoms with Crippen molar-refractivity contribution in [2.75, 3.05) is 26.2 Å². The molecule has 0 bridgehead atoms. The van der Waals surface area contributed by atoms with Gasteiger partial charge in [0.05, 0.1) is 23.3 Å². The van der Waals surface area contributed by atoms with Crippen LogP contribution in [0.4, 0.5) is 4.39 Å². The Labute approximate surface area is 270 Å². The van der Waals surface area contributed by atoms with E-state index in [0.717, 1.165) is 64.0 Å². The summed E-state index contributed by atoms with van der Waals surface area (Å²) in [6, 6.07) is 22.7. The number of fused-ring (bicyclic) bond motifs is 2. The average molecular weight is 626 g/mol. The van der Waals surface area contributed by atoms with Crippen molar-refractivity contribution in [2.45, 2.75) is 19.4 Å². The minimum atomic E-state index is -0.365. The first-order valence-electron chi connectivity index (χ1n) is 15.8. The maximum absolute atomic E-state index is 14.8. The number of H-pyrrole nitrogens is 2. The molecular formula is C37H32FN7O2. The number of likely N-dealkylation sites (tertiary alicyclic amines) is 1. The summed E-state index contributed by atoms with van der Waals surface area (Å²) >= 11 is 0. The molecule has 0 saturated carbocycles. The molecule has 5 aromatic heterocycles. The lowest BCUT2D eigenvalue weighted by molar-refractivity contribution is 0.237. The number of hydrogen-bond donors (Lipinski definition) is 2. The van der Waals surface area contributed by atoms with Crippen molar-refractivity contribution in [3.05, 3.63) is 109 Å². The fourth-order valence-electron chi connectivity index (χ4n) is 6.16. The zero-order chi connectivity index (χ0) is 31.6. The monoisotopic (exact) mass is 625 g/mol. The summed E-state index contributed by atoms with van der Waals surface area (Å²) in [5.74, 6) is 0.804. The topological polar surface area (TPSA) is 105 Å². The summed E-state index contributed by atoms with van der Waals surface area (Å²) < 4.78 is 26.8. The molecule has 1 fully saturated rings. The summed E-state index contributed by atoms with van der Waals surface area (Å²) in [6.07, 6.45) is 9.46. The Bertz CT molecular complexity index is 2170. The Balaban J connectivity index is 1.08. The molecule has 1 saturated heterocycles. The van der Waals surface area contributed by atoms with Gasteiger partial charge in [-0.3, -0.25) is 20.0 Å². The van der Waals surface area contributed by atoms with Gasteiger partial charge in [0, 0.05) is 64.2 Å². The molecule has 0 unspecified atom stereocenters. The van der Waals surface area contributed by atoms with Gasteiger partial charge < -0.3 is 14.5 Å². The summed E-state index contributed by atoms with van der Waals surface area (Å²) in [6.45, 7) is 3.99. The molecule has 47 heavy (non-hydrogen) atoms. The molecule has 7 aromatic rings. The number of ether oxygens (including phenoxy) is 2. The van der Waals surface area contributed by atoms with E-state index in [4.69, 9.17) is 9.47 Å². The summed E-state index contributed by atoms with van der Waals surface area (Å²) in [4.78, 5) is 19.5. The summed E-state index contributed by atoms with van der Waals surface area (Å²) in [5, 5.41) is 9.32. The lowest BCUT2D eigenvalue weighted by Gasteiger charge is -2.15. The van der Waals surface area contributed by atoms with Crippen molar-refractivity contribution in [3.63, 3.8) is 0 Å². The van der Waals surface area contributed by atoms with Gasteiger partial charge in [-0.1, -0.05) is 30.3 Å². The van der Waals surface area contributed by atoms with Gasteiger partial charge in [-0.2, -0.15) is 5.10 Å². The first kappa shape index (κ1) is 28.8. The van der Waals surface area contributed by atoms with Crippen molar-refractivity contribution in [2.24, 2.45) is 0 Å². The van der Waals surface area contributed by atoms with Gasteiger partial charge in [-0.05, 0) is 67.9 Å². The van der Waals surface area contributed by atoms with E-state index in [9.17, 15) is 4.39 Å². The number of aromatic nitrogens is 6. The Kier molecular flexibility index (Phi) is 7.76. The van der Waals surface area contributed by atoms with Crippen LogP contribution in [-0.4, -0.2) is 61.3 Å². The minimum Gasteiger partial charge on any atom is -0.492 e. The van der Waals surface area contributed by atoms with E-state index >= 15 is 0 Å². The Morgan fingerprint density at radius 3 is 2.53 bits per heavy atom. The van der Waals surface area contributed by atoms with E-state index in [0.29, 0.717) is 41.6 Å². The van der Waals surface area contributed by atoms with E-state index in [1.54, 1.807) is 24.8 Å². The highest BCUT2D eigenvalue weighted by atomic mass is 19.1. The number of benzene rings is 2. The Morgan fingerprint density at radius 1 is 0.787 bits per heavy atom. The highest BCUT2D eigenvalue weighted by Crippen LogP contribution is 2.35. The molecule has 234 valence electrons. The molecule has 8 rings (SSSR count). The fourth-order valence-corrected chi connectivity index (χ4v) is 6.16. The molecule has 1 aliphatic rings. The van der Waals surface area contributed by atoms with Crippen molar-refractivity contribution < 1.29 is 13.9 Å². The normalized spacial score (nSPS) is 13.5. The predicted molar refractivity (Wildman–Crippen MR) is 180 cm³/mol. The lowest BCUT2D eigenvalue weighted by Crippen LogP contribution is -2.25. The lowest BCUT2D eigenvalue weighted by atomic mass is 10.1. The molecule has 9 nitrogen and oxygen atoms in total. The van der Waals surface area contributed by atoms with Crippen LogP contribution in [0.25, 0.3) is 55.7 Å². The smallest absolute Gasteiger partial charge is 0.181 e. The molecule has 0 atom stereocenters. The van der Waals surface area contributed by atoms with E-state index in [2.05, 4.69) is 35.0 Å². The predicted octanol–water partition coefficient (Wildman–Crippen LogP) is 7.42. The molecule has 0 aliphatic carbocycles. The SMILES string of the molecule is Fc1cc(OCCN2CCCC2)cc(-c2nccc3[nH]c(-c4[nH]nc5ncc(-c6cncc(OCc7ccccc7)c6)cc45)cc23)c1. The van der Waals surface area contributed by atoms with Gasteiger partial charge in [0.25, 0.3) is 0 Å². The van der Waals surface area contributed by atoms with Crippen LogP contribution in [0.1, 0.15) is 18.4 Å². The van der Waals surface area contributed by atoms with E-state index in [1.807, 2.05) is 60.7 Å². The van der Waals surface area contributed by atoms with Crippen molar-refractivity contribution in [1.82, 2.24) is 35.0 Å². The largest absolute Gasteiger partial charge is 0.492 e. The minimum absolute atomic E-state index is 0.365. The van der Waals surface area contributed by atoms with Crippen LogP contribution >= 0.6 is 0 Å². The molecule has 2 aromatic carbocycles. The van der Waals surface area contributed by atoms with Crippen LogP contribution in [-0.2, 0) is 6.61 Å². The second kappa shape index (κ2) is 12.6. The molecule has 1 aliphatic heterocycles. The number of nitrogens with zero attached hydrogens (tertiary/aromatic N) is 5. The molecule has 10 heteroatoms. The van der Waals surface area contributed by atoms with Crippen molar-refractivity contribution in [3.8, 4) is 45.3 Å². The number of pyridine rings is 3. The van der Waals surface area contributed by atoms with Crippen molar-refractivity contribution >= 4 is 21.9 Å². The Morgan fingerprint density at radius 2 is 1.64 bits per heavy atom. The van der Waals surface area contributed by atoms with Crippen LogP contribution in [0.5, 0.6) is 11.5 Å². The third-order valence-corrected chi connectivity index (χ3v) is 8.54. The number of rotatable bonds is 10. The highest BCUT2D eigenvalue weighted by molar-refractivity contribution is 6.00. The summed E-state index contributed by atoms with van der Waals surface area (Å²) in [7, 11) is 0. The third kappa shape index (κ3) is 6.15. The number of nitrogens with one attached hydrogen (secondary N) is 2. The van der Waals surface area contributed by atoms with Crippen LogP contribution < -0.4 is 9.47 Å². The molecule has 0 spiro atoms. The standard InChI is InChI=1S/C37H32FN7O2/c38-28-14-25(15-29(18-28)46-13-12-45-10-4-5-11-45)35-31-19-34(42-33(31)8-9-40-35)36-32-17-27(21-41-37(32)44-43-36)26-16-30(22-39-20-26)47-23-24-6-2-1-3-7-24/h1-3,6-9,14-22,42H,4-5,10-13,23H2,(H,41,43,44). The summed E-state index contributed by atoms with van der Waals surface area (Å²) in [5.41, 5.74) is 7.21. The van der Waals surface area contributed by atoms with Crippen LogP contribution in [0.2, 0.25) is 0 Å². The van der Waals surface area contributed by atoms with Crippen LogP contribution in [0.15, 0.2) is 97.6 Å². The maximum atomic E-state index is 14.8. The van der Waals surface area contributed by atoms with E-state index in [1.165, 1.54) is 25.0 Å². The van der Waals surface area contributed by atoms with Gasteiger partial charge in [0.1, 0.15) is 30.5 Å². The van der Waals surface area contributed by atoms with Gasteiger partial charge in [0.15, 0.2) is 5.65 Å². The quantitative estimate of drug-likeness (QED) is 0.163. The van der Waals surface area contributed by atoms with Gasteiger partial charge >= 0.3 is 0 Å². The van der Waals surface area contributed by atoms with Gasteiger partial charge in [0.2, 0.25) is 0 Å². The first-order valence-corrected chi connectivity index (χ1v) is 15.8. The van der Waals surface area contributed by atoms with Crippen molar-refractivity contribution in [1.29, 1.82) is 0 Å². The third-order valence-electron chi connectivity index (χ3n) is 8.54. The van der Waals surface area contributed by atoms with E-state index in [-0.39, 0.29) is 5.82 Å². The zero-order valence-corrected chi connectivity index (χ0v) is 25.6. The van der Waals surface area contributed by atoms with Gasteiger partial charge in [-0.15, -0.1) is 0 Å². The fraction of sp³-hybridized carbons (Fsp3) is 0.189. The number of hydrogen-bond acceptors (Lipinski definition) is 7. The second-order valence-corrected chi connectivity index (χ2v) is 11.8. The molecular weight excluding hydrogens is 593 g/mol. The molecule has 6 heterocycles. The number of halogens is 1.